The highest BCUT2D eigenvalue weighted by Crippen LogP contribution is 2.37. The molecule has 1 rings (SSSR count). The van der Waals surface area contributed by atoms with Gasteiger partial charge in [0.25, 0.3) is 0 Å². The lowest BCUT2D eigenvalue weighted by molar-refractivity contribution is 0.604. The molecule has 0 aliphatic rings. The Kier molecular flexibility index (Phi) is 19.5. The maximum absolute atomic E-state index is 4.64. The van der Waals surface area contributed by atoms with Gasteiger partial charge < -0.3 is 0 Å². The molecule has 0 N–H and O–H groups in total. The van der Waals surface area contributed by atoms with Gasteiger partial charge in [-0.3, -0.25) is 0 Å². The van der Waals surface area contributed by atoms with E-state index in [-0.39, 0.29) is 0 Å². The number of hydrogen-bond acceptors (Lipinski definition) is 7. The minimum atomic E-state index is 0.951. The van der Waals surface area contributed by atoms with Gasteiger partial charge in [0.2, 0.25) is 5.16 Å². The van der Waals surface area contributed by atoms with E-state index in [1.54, 1.807) is 22.3 Å². The van der Waals surface area contributed by atoms with E-state index in [2.05, 4.69) is 23.2 Å². The van der Waals surface area contributed by atoms with Gasteiger partial charge in [0.1, 0.15) is 0 Å². The summed E-state index contributed by atoms with van der Waals surface area (Å²) in [6, 6.07) is 0. The summed E-state index contributed by atoms with van der Waals surface area (Å²) >= 11 is 1.55. The lowest BCUT2D eigenvalue weighted by Crippen LogP contribution is -1.82. The predicted molar refractivity (Wildman–Crippen MR) is 133 cm³/mol. The highest BCUT2D eigenvalue weighted by Gasteiger charge is 2.06. The summed E-state index contributed by atoms with van der Waals surface area (Å²) in [4.78, 5) is 4.64. The van der Waals surface area contributed by atoms with Crippen LogP contribution in [-0.2, 0) is 0 Å². The maximum atomic E-state index is 4.64. The smallest absolute Gasteiger partial charge is 0.201 e. The topological polar surface area (TPSA) is 25.8 Å². The zero-order valence-corrected chi connectivity index (χ0v) is 21.3. The lowest BCUT2D eigenvalue weighted by atomic mass is 10.1. The molecule has 0 aliphatic carbocycles. The zero-order valence-electron chi connectivity index (χ0n) is 17.2. The Morgan fingerprint density at radius 1 is 0.630 bits per heavy atom. The number of aromatic nitrogens is 2. The van der Waals surface area contributed by atoms with Crippen LogP contribution in [0.4, 0.5) is 0 Å². The van der Waals surface area contributed by atoms with Crippen LogP contribution in [0.5, 0.6) is 0 Å². The third kappa shape index (κ3) is 16.4. The zero-order chi connectivity index (χ0) is 19.4. The van der Waals surface area contributed by atoms with Gasteiger partial charge >= 0.3 is 0 Å². The molecular formula is C20H38N2S5. The Bertz CT molecular complexity index is 392. The fourth-order valence-electron chi connectivity index (χ4n) is 2.69. The molecule has 0 spiro atoms. The summed E-state index contributed by atoms with van der Waals surface area (Å²) in [7, 11) is 7.41. The van der Waals surface area contributed by atoms with Crippen molar-refractivity contribution in [3.8, 4) is 0 Å². The van der Waals surface area contributed by atoms with E-state index in [1.807, 2.05) is 32.4 Å². The van der Waals surface area contributed by atoms with Gasteiger partial charge in [-0.2, -0.15) is 4.37 Å². The van der Waals surface area contributed by atoms with Crippen molar-refractivity contribution in [2.45, 2.75) is 113 Å². The highest BCUT2D eigenvalue weighted by atomic mass is 33.1. The molecule has 0 saturated carbocycles. The fraction of sp³-hybridized carbons (Fsp3) is 0.900. The van der Waals surface area contributed by atoms with Crippen LogP contribution in [-0.4, -0.2) is 20.9 Å². The van der Waals surface area contributed by atoms with Crippen LogP contribution in [0.2, 0.25) is 0 Å². The molecule has 0 aromatic carbocycles. The number of hydrogen-bond donors (Lipinski definition) is 0. The van der Waals surface area contributed by atoms with E-state index in [0.717, 1.165) is 9.50 Å². The SMILES string of the molecule is CCCCCCCCCSSc1nsc(SSCCCCCCCCC)n1. The molecule has 27 heavy (non-hydrogen) atoms. The van der Waals surface area contributed by atoms with Crippen molar-refractivity contribution in [2.24, 2.45) is 0 Å². The second-order valence-electron chi connectivity index (χ2n) is 6.90. The van der Waals surface area contributed by atoms with Gasteiger partial charge in [-0.15, -0.1) is 0 Å². The third-order valence-electron chi connectivity index (χ3n) is 4.31. The minimum absolute atomic E-state index is 0.951. The standard InChI is InChI=1S/C20H38N2S5/c1-3-5-7-9-11-13-15-17-23-26-19-21-20(25-22-19)27-24-18-16-14-12-10-8-6-4-2/h3-18H2,1-2H3. The molecule has 0 radical (unpaired) electrons. The second-order valence-corrected chi connectivity index (χ2v) is 12.7. The molecule has 0 unspecified atom stereocenters. The summed E-state index contributed by atoms with van der Waals surface area (Å²) in [5, 5.41) is 0.951. The Morgan fingerprint density at radius 2 is 1.11 bits per heavy atom. The van der Waals surface area contributed by atoms with E-state index >= 15 is 0 Å². The molecule has 0 atom stereocenters. The van der Waals surface area contributed by atoms with E-state index in [9.17, 15) is 0 Å². The summed E-state index contributed by atoms with van der Waals surface area (Å²) < 4.78 is 5.59. The molecular weight excluding hydrogens is 429 g/mol. The van der Waals surface area contributed by atoms with Crippen molar-refractivity contribution in [3.63, 3.8) is 0 Å². The van der Waals surface area contributed by atoms with Crippen molar-refractivity contribution in [1.29, 1.82) is 0 Å². The quantitative estimate of drug-likeness (QED) is 0.140. The van der Waals surface area contributed by atoms with Crippen molar-refractivity contribution in [2.75, 3.05) is 11.5 Å². The van der Waals surface area contributed by atoms with Crippen LogP contribution in [0, 0.1) is 0 Å². The maximum Gasteiger partial charge on any atom is 0.211 e. The molecule has 1 aromatic rings. The van der Waals surface area contributed by atoms with Gasteiger partial charge in [-0.05, 0) is 46.0 Å². The van der Waals surface area contributed by atoms with Gasteiger partial charge in [0.05, 0.1) is 0 Å². The number of nitrogens with zero attached hydrogens (tertiary/aromatic N) is 2. The molecule has 0 aliphatic heterocycles. The second kappa shape index (κ2) is 20.2. The molecule has 0 bridgehead atoms. The van der Waals surface area contributed by atoms with Crippen LogP contribution in [0.15, 0.2) is 9.50 Å². The van der Waals surface area contributed by atoms with E-state index in [4.69, 9.17) is 0 Å². The average Bonchev–Trinajstić information content (AvgIpc) is 3.13. The van der Waals surface area contributed by atoms with E-state index in [1.165, 1.54) is 101 Å². The third-order valence-corrected chi connectivity index (χ3v) is 10.1. The summed E-state index contributed by atoms with van der Waals surface area (Å²) in [5.41, 5.74) is 0. The fourth-order valence-corrected chi connectivity index (χ4v) is 7.89. The normalized spacial score (nSPS) is 11.3. The van der Waals surface area contributed by atoms with Crippen molar-refractivity contribution < 1.29 is 0 Å². The molecule has 1 heterocycles. The monoisotopic (exact) mass is 466 g/mol. The number of unbranched alkanes of at least 4 members (excludes halogenated alkanes) is 12. The van der Waals surface area contributed by atoms with Crippen molar-refractivity contribution >= 4 is 54.7 Å². The van der Waals surface area contributed by atoms with Crippen LogP contribution < -0.4 is 0 Å². The van der Waals surface area contributed by atoms with E-state index < -0.39 is 0 Å². The summed E-state index contributed by atoms with van der Waals surface area (Å²) in [6.07, 6.45) is 19.4. The summed E-state index contributed by atoms with van der Waals surface area (Å²) in [6.45, 7) is 4.56. The molecule has 2 nitrogen and oxygen atoms in total. The highest BCUT2D eigenvalue weighted by molar-refractivity contribution is 8.77. The molecule has 0 saturated heterocycles. The van der Waals surface area contributed by atoms with Gasteiger partial charge in [-0.25, -0.2) is 4.98 Å². The van der Waals surface area contributed by atoms with Gasteiger partial charge in [-0.1, -0.05) is 112 Å². The molecule has 0 fully saturated rings. The molecule has 158 valence electrons. The van der Waals surface area contributed by atoms with Gasteiger partial charge in [0, 0.05) is 11.5 Å². The lowest BCUT2D eigenvalue weighted by Gasteiger charge is -2.00. The first-order valence-corrected chi connectivity index (χ1v) is 16.2. The van der Waals surface area contributed by atoms with Crippen LogP contribution in [0.25, 0.3) is 0 Å². The van der Waals surface area contributed by atoms with E-state index in [0.29, 0.717) is 0 Å². The van der Waals surface area contributed by atoms with Crippen LogP contribution in [0.3, 0.4) is 0 Å². The Hall–Kier alpha value is 0.960. The first-order valence-electron chi connectivity index (χ1n) is 10.8. The van der Waals surface area contributed by atoms with Crippen molar-refractivity contribution in [3.05, 3.63) is 0 Å². The van der Waals surface area contributed by atoms with Crippen molar-refractivity contribution in [1.82, 2.24) is 9.36 Å². The van der Waals surface area contributed by atoms with Crippen LogP contribution >= 0.6 is 54.7 Å². The average molecular weight is 467 g/mol. The Morgan fingerprint density at radius 3 is 1.67 bits per heavy atom. The number of rotatable bonds is 20. The molecule has 7 heteroatoms. The largest absolute Gasteiger partial charge is 0.211 e. The predicted octanol–water partition coefficient (Wildman–Crippen LogP) is 9.52. The molecule has 1 aromatic heterocycles. The Labute approximate surface area is 188 Å². The minimum Gasteiger partial charge on any atom is -0.201 e. The summed E-state index contributed by atoms with van der Waals surface area (Å²) in [5.74, 6) is 2.45. The Balaban J connectivity index is 1.90. The first-order chi connectivity index (χ1) is 13.4. The first kappa shape index (κ1) is 26.0. The van der Waals surface area contributed by atoms with Crippen LogP contribution in [0.1, 0.15) is 104 Å². The van der Waals surface area contributed by atoms with Gasteiger partial charge in [0.15, 0.2) is 4.34 Å². The molecule has 0 amide bonds.